The van der Waals surface area contributed by atoms with E-state index in [0.717, 1.165) is 38.2 Å². The van der Waals surface area contributed by atoms with E-state index in [9.17, 15) is 17.6 Å². The van der Waals surface area contributed by atoms with E-state index in [1.807, 2.05) is 18.2 Å². The fourth-order valence-corrected chi connectivity index (χ4v) is 4.91. The maximum absolute atomic E-state index is 14.0. The zero-order chi connectivity index (χ0) is 21.9. The van der Waals surface area contributed by atoms with Crippen LogP contribution >= 0.6 is 0 Å². The first kappa shape index (κ1) is 22.4. The molecule has 1 aliphatic rings. The lowest BCUT2D eigenvalue weighted by molar-refractivity contribution is 0.0498. The molecule has 1 heterocycles. The second-order valence-electron chi connectivity index (χ2n) is 7.82. The van der Waals surface area contributed by atoms with Crippen molar-refractivity contribution < 1.29 is 17.6 Å². The molecule has 2 atom stereocenters. The van der Waals surface area contributed by atoms with E-state index in [-0.39, 0.29) is 23.4 Å². The van der Waals surface area contributed by atoms with E-state index in [2.05, 4.69) is 28.7 Å². The van der Waals surface area contributed by atoms with Crippen LogP contribution in [0.1, 0.15) is 29.3 Å². The molecule has 3 rings (SSSR count). The highest BCUT2D eigenvalue weighted by atomic mass is 32.2. The number of sulfonamides is 1. The largest absolute Gasteiger partial charge is 0.338 e. The Balaban J connectivity index is 1.70. The van der Waals surface area contributed by atoms with E-state index in [1.54, 1.807) is 11.9 Å². The molecule has 6 nitrogen and oxygen atoms in total. The third-order valence-corrected chi connectivity index (χ3v) is 7.18. The molecule has 0 unspecified atom stereocenters. The van der Waals surface area contributed by atoms with Gasteiger partial charge in [-0.2, -0.15) is 0 Å². The number of rotatable bonds is 6. The van der Waals surface area contributed by atoms with Gasteiger partial charge in [-0.3, -0.25) is 9.69 Å². The molecule has 1 N–H and O–H groups in total. The topological polar surface area (TPSA) is 69.7 Å². The van der Waals surface area contributed by atoms with Crippen LogP contribution in [0, 0.1) is 11.7 Å². The minimum absolute atomic E-state index is 0.0268. The Morgan fingerprint density at radius 3 is 2.57 bits per heavy atom. The predicted molar refractivity (Wildman–Crippen MR) is 114 cm³/mol. The summed E-state index contributed by atoms with van der Waals surface area (Å²) < 4.78 is 40.1. The molecule has 0 aliphatic carbocycles. The number of amides is 1. The van der Waals surface area contributed by atoms with Gasteiger partial charge in [-0.1, -0.05) is 37.3 Å². The van der Waals surface area contributed by atoms with Gasteiger partial charge < -0.3 is 4.90 Å². The quantitative estimate of drug-likeness (QED) is 0.761. The van der Waals surface area contributed by atoms with Crippen LogP contribution in [0.5, 0.6) is 0 Å². The van der Waals surface area contributed by atoms with E-state index in [1.165, 1.54) is 18.7 Å². The van der Waals surface area contributed by atoms with Crippen molar-refractivity contribution in [3.63, 3.8) is 0 Å². The van der Waals surface area contributed by atoms with Crippen LogP contribution in [0.25, 0.3) is 0 Å². The third kappa shape index (κ3) is 4.88. The number of halogens is 1. The van der Waals surface area contributed by atoms with Gasteiger partial charge in [0.15, 0.2) is 0 Å². The van der Waals surface area contributed by atoms with Gasteiger partial charge in [0.2, 0.25) is 10.0 Å². The minimum Gasteiger partial charge on any atom is -0.338 e. The molecule has 0 aromatic heterocycles. The first-order valence-corrected chi connectivity index (χ1v) is 11.5. The fourth-order valence-electron chi connectivity index (χ4n) is 4.09. The average Bonchev–Trinajstić information content (AvgIpc) is 2.74. The Hall–Kier alpha value is -2.29. The fraction of sp³-hybridized carbons (Fsp3) is 0.409. The number of likely N-dealkylation sites (tertiary alicyclic amines) is 1. The Kier molecular flexibility index (Phi) is 6.90. The summed E-state index contributed by atoms with van der Waals surface area (Å²) in [5.74, 6) is -0.945. The molecule has 0 spiro atoms. The van der Waals surface area contributed by atoms with Crippen molar-refractivity contribution in [2.75, 3.05) is 27.2 Å². The van der Waals surface area contributed by atoms with Gasteiger partial charge in [0, 0.05) is 38.3 Å². The molecule has 0 radical (unpaired) electrons. The Labute approximate surface area is 177 Å². The number of hydrogen-bond donors (Lipinski definition) is 1. The zero-order valence-corrected chi connectivity index (χ0v) is 18.3. The highest BCUT2D eigenvalue weighted by Gasteiger charge is 2.32. The van der Waals surface area contributed by atoms with Crippen molar-refractivity contribution in [2.45, 2.75) is 30.8 Å². The summed E-state index contributed by atoms with van der Waals surface area (Å²) >= 11 is 0. The van der Waals surface area contributed by atoms with Crippen LogP contribution in [-0.2, 0) is 16.6 Å². The number of hydrogen-bond acceptors (Lipinski definition) is 4. The number of piperidine rings is 1. The molecule has 1 saturated heterocycles. The van der Waals surface area contributed by atoms with Gasteiger partial charge in [0.05, 0.1) is 0 Å². The van der Waals surface area contributed by atoms with Gasteiger partial charge in [0.25, 0.3) is 5.91 Å². The molecular weight excluding hydrogens is 405 g/mol. The number of nitrogens with zero attached hydrogens (tertiary/aromatic N) is 2. The maximum Gasteiger partial charge on any atom is 0.253 e. The average molecular weight is 434 g/mol. The summed E-state index contributed by atoms with van der Waals surface area (Å²) in [4.78, 5) is 16.5. The second kappa shape index (κ2) is 9.24. The molecule has 1 amide bonds. The Bertz CT molecular complexity index is 998. The highest BCUT2D eigenvalue weighted by Crippen LogP contribution is 2.25. The molecule has 1 fully saturated rings. The first-order valence-electron chi connectivity index (χ1n) is 9.99. The standard InChI is InChI=1S/C22H28FN3O3S/c1-16-14-26(15-17-7-5-4-6-8-17)12-11-20(16)25(3)22(27)18-9-10-19(23)21(13-18)30(28,29)24-2/h4-10,13,16,20,24H,11-12,14-15H2,1-3H3/t16-,20+/m0/s1. The molecular formula is C22H28FN3O3S. The SMILES string of the molecule is CNS(=O)(=O)c1cc(C(=O)N(C)[C@@H]2CCN(Cc3ccccc3)C[C@@H]2C)ccc1F. The third-order valence-electron chi connectivity index (χ3n) is 5.75. The van der Waals surface area contributed by atoms with Crippen molar-refractivity contribution in [1.82, 2.24) is 14.5 Å². The van der Waals surface area contributed by atoms with Gasteiger partial charge in [-0.25, -0.2) is 17.5 Å². The first-order chi connectivity index (χ1) is 14.2. The number of nitrogens with one attached hydrogen (secondary N) is 1. The maximum atomic E-state index is 14.0. The summed E-state index contributed by atoms with van der Waals surface area (Å²) in [5.41, 5.74) is 1.42. The predicted octanol–water partition coefficient (Wildman–Crippen LogP) is 2.72. The number of benzene rings is 2. The van der Waals surface area contributed by atoms with Crippen LogP contribution in [-0.4, -0.2) is 57.4 Å². The molecule has 0 saturated carbocycles. The summed E-state index contributed by atoms with van der Waals surface area (Å²) in [6.07, 6.45) is 0.819. The van der Waals surface area contributed by atoms with Crippen LogP contribution in [0.15, 0.2) is 53.4 Å². The van der Waals surface area contributed by atoms with E-state index in [0.29, 0.717) is 0 Å². The Morgan fingerprint density at radius 1 is 1.23 bits per heavy atom. The lowest BCUT2D eigenvalue weighted by Gasteiger charge is -2.41. The van der Waals surface area contributed by atoms with Crippen molar-refractivity contribution in [3.8, 4) is 0 Å². The van der Waals surface area contributed by atoms with Gasteiger partial charge in [-0.05, 0) is 43.1 Å². The lowest BCUT2D eigenvalue weighted by atomic mass is 9.92. The summed E-state index contributed by atoms with van der Waals surface area (Å²) in [5, 5.41) is 0. The van der Waals surface area contributed by atoms with Crippen molar-refractivity contribution in [2.24, 2.45) is 5.92 Å². The van der Waals surface area contributed by atoms with Crippen LogP contribution < -0.4 is 4.72 Å². The van der Waals surface area contributed by atoms with Gasteiger partial charge >= 0.3 is 0 Å². The number of carbonyl (C=O) groups is 1. The van der Waals surface area contributed by atoms with Gasteiger partial charge in [0.1, 0.15) is 10.7 Å². The molecule has 0 bridgehead atoms. The molecule has 162 valence electrons. The van der Waals surface area contributed by atoms with E-state index in [4.69, 9.17) is 0 Å². The molecule has 2 aromatic carbocycles. The van der Waals surface area contributed by atoms with E-state index >= 15 is 0 Å². The van der Waals surface area contributed by atoms with Crippen molar-refractivity contribution in [3.05, 3.63) is 65.5 Å². The zero-order valence-electron chi connectivity index (χ0n) is 17.5. The Morgan fingerprint density at radius 2 is 1.93 bits per heavy atom. The van der Waals surface area contributed by atoms with Crippen molar-refractivity contribution >= 4 is 15.9 Å². The monoisotopic (exact) mass is 433 g/mol. The number of carbonyl (C=O) groups excluding carboxylic acids is 1. The molecule has 2 aromatic rings. The van der Waals surface area contributed by atoms with Crippen LogP contribution in [0.4, 0.5) is 4.39 Å². The normalized spacial score (nSPS) is 20.1. The summed E-state index contributed by atoms with van der Waals surface area (Å²) in [6, 6.07) is 13.8. The van der Waals surface area contributed by atoms with E-state index < -0.39 is 20.7 Å². The molecule has 1 aliphatic heterocycles. The molecule has 8 heteroatoms. The highest BCUT2D eigenvalue weighted by molar-refractivity contribution is 7.89. The lowest BCUT2D eigenvalue weighted by Crippen LogP contribution is -2.50. The molecule has 30 heavy (non-hydrogen) atoms. The van der Waals surface area contributed by atoms with Crippen LogP contribution in [0.3, 0.4) is 0 Å². The van der Waals surface area contributed by atoms with Gasteiger partial charge in [-0.15, -0.1) is 0 Å². The summed E-state index contributed by atoms with van der Waals surface area (Å²) in [6.45, 7) is 4.72. The smallest absolute Gasteiger partial charge is 0.253 e. The second-order valence-corrected chi connectivity index (χ2v) is 9.68. The summed E-state index contributed by atoms with van der Waals surface area (Å²) in [7, 11) is -1.05. The van der Waals surface area contributed by atoms with Crippen LogP contribution in [0.2, 0.25) is 0 Å². The minimum atomic E-state index is -3.99. The van der Waals surface area contributed by atoms with Crippen molar-refractivity contribution in [1.29, 1.82) is 0 Å².